The van der Waals surface area contributed by atoms with E-state index in [0.29, 0.717) is 0 Å². The molecule has 0 bridgehead atoms. The summed E-state index contributed by atoms with van der Waals surface area (Å²) >= 11 is 0. The van der Waals surface area contributed by atoms with E-state index < -0.39 is 14.3 Å². The fourth-order valence-electron chi connectivity index (χ4n) is 1.41. The van der Waals surface area contributed by atoms with Gasteiger partial charge in [0.15, 0.2) is 0 Å². The molecule has 0 amide bonds. The Kier molecular flexibility index (Phi) is 2.58. The summed E-state index contributed by atoms with van der Waals surface area (Å²) < 4.78 is 34.2. The standard InChI is InChI=1S/C8H13FNO2S/c1-3-10(13(9,11)12)6-4-5-8(2)7-10/h4-6H,3,7H2,1-2H3/q+1. The molecule has 0 aromatic rings. The smallest absolute Gasteiger partial charge is 0.161 e. The molecule has 5 heteroatoms. The number of halogens is 1. The summed E-state index contributed by atoms with van der Waals surface area (Å²) in [6, 6.07) is 0. The predicted molar refractivity (Wildman–Crippen MR) is 48.6 cm³/mol. The molecule has 74 valence electrons. The first-order valence-electron chi connectivity index (χ1n) is 4.08. The second-order valence-electron chi connectivity index (χ2n) is 3.19. The van der Waals surface area contributed by atoms with Crippen molar-refractivity contribution in [3.8, 4) is 0 Å². The fraction of sp³-hybridized carbons (Fsp3) is 0.500. The van der Waals surface area contributed by atoms with Gasteiger partial charge in [-0.05, 0) is 25.5 Å². The zero-order chi connectivity index (χ0) is 10.1. The van der Waals surface area contributed by atoms with Crippen molar-refractivity contribution in [2.24, 2.45) is 0 Å². The minimum absolute atomic E-state index is 0.200. The summed E-state index contributed by atoms with van der Waals surface area (Å²) in [5.41, 5.74) is 0.866. The van der Waals surface area contributed by atoms with Gasteiger partial charge in [-0.25, -0.2) is 0 Å². The summed E-state index contributed by atoms with van der Waals surface area (Å²) in [5, 5.41) is 0. The molecule has 1 aliphatic rings. The van der Waals surface area contributed by atoms with Crippen LogP contribution < -0.4 is 0 Å². The Bertz CT molecular complexity index is 358. The summed E-state index contributed by atoms with van der Waals surface area (Å²) in [4.78, 5) is 0. The third kappa shape index (κ3) is 1.81. The van der Waals surface area contributed by atoms with E-state index in [9.17, 15) is 12.3 Å². The van der Waals surface area contributed by atoms with E-state index in [-0.39, 0.29) is 13.1 Å². The maximum Gasteiger partial charge on any atom is 0.479 e. The molecule has 0 aromatic carbocycles. The van der Waals surface area contributed by atoms with Crippen LogP contribution in [-0.2, 0) is 10.4 Å². The van der Waals surface area contributed by atoms with Gasteiger partial charge in [0.25, 0.3) is 0 Å². The van der Waals surface area contributed by atoms with Crippen LogP contribution >= 0.6 is 0 Å². The van der Waals surface area contributed by atoms with E-state index in [4.69, 9.17) is 0 Å². The SMILES string of the molecule is CC[N+]1(S(=O)(=O)F)C=CC=C(C)C1. The molecule has 1 rings (SSSR count). The number of nitrogens with zero attached hydrogens (tertiary/aromatic N) is 1. The number of quaternary nitrogens is 1. The number of likely N-dealkylation sites (N-methyl/N-ethyl adjacent to an activating group) is 1. The number of rotatable bonds is 2. The first-order chi connectivity index (χ1) is 5.91. The molecular formula is C8H13FNO2S+. The average Bonchev–Trinajstić information content (AvgIpc) is 2.02. The maximum absolute atomic E-state index is 13.0. The largest absolute Gasteiger partial charge is 0.479 e. The zero-order valence-corrected chi connectivity index (χ0v) is 8.51. The van der Waals surface area contributed by atoms with Crippen molar-refractivity contribution >= 4 is 10.4 Å². The lowest BCUT2D eigenvalue weighted by Gasteiger charge is -2.29. The molecule has 1 heterocycles. The Morgan fingerprint density at radius 3 is 2.54 bits per heavy atom. The van der Waals surface area contributed by atoms with Crippen LogP contribution in [0, 0.1) is 0 Å². The first kappa shape index (κ1) is 10.4. The molecule has 0 N–H and O–H groups in total. The van der Waals surface area contributed by atoms with Crippen LogP contribution in [0.5, 0.6) is 0 Å². The molecule has 1 atom stereocenters. The van der Waals surface area contributed by atoms with Crippen LogP contribution in [0.3, 0.4) is 0 Å². The van der Waals surface area contributed by atoms with Crippen molar-refractivity contribution in [1.82, 2.24) is 0 Å². The first-order valence-corrected chi connectivity index (χ1v) is 5.42. The average molecular weight is 206 g/mol. The van der Waals surface area contributed by atoms with E-state index in [0.717, 1.165) is 5.57 Å². The molecule has 0 radical (unpaired) electrons. The summed E-state index contributed by atoms with van der Waals surface area (Å²) in [7, 11) is -4.56. The Morgan fingerprint density at radius 1 is 1.62 bits per heavy atom. The van der Waals surface area contributed by atoms with Gasteiger partial charge in [0.1, 0.15) is 12.7 Å². The van der Waals surface area contributed by atoms with Crippen LogP contribution in [0.15, 0.2) is 23.9 Å². The quantitative estimate of drug-likeness (QED) is 0.507. The normalized spacial score (nSPS) is 28.7. The topological polar surface area (TPSA) is 34.1 Å². The Hall–Kier alpha value is -0.680. The molecule has 0 saturated heterocycles. The third-order valence-electron chi connectivity index (χ3n) is 2.23. The molecular weight excluding hydrogens is 193 g/mol. The van der Waals surface area contributed by atoms with Gasteiger partial charge in [0.05, 0.1) is 6.54 Å². The molecule has 0 saturated carbocycles. The van der Waals surface area contributed by atoms with Gasteiger partial charge in [0, 0.05) is 0 Å². The number of hydrogen-bond acceptors (Lipinski definition) is 2. The van der Waals surface area contributed by atoms with Crippen LogP contribution in [-0.4, -0.2) is 25.4 Å². The van der Waals surface area contributed by atoms with E-state index in [1.54, 1.807) is 26.0 Å². The second-order valence-corrected chi connectivity index (χ2v) is 4.74. The third-order valence-corrected chi connectivity index (χ3v) is 3.60. The summed E-state index contributed by atoms with van der Waals surface area (Å²) in [5.74, 6) is 0. The highest BCUT2D eigenvalue weighted by Crippen LogP contribution is 2.23. The minimum Gasteiger partial charge on any atom is -0.161 e. The van der Waals surface area contributed by atoms with Crippen molar-refractivity contribution in [2.45, 2.75) is 13.8 Å². The molecule has 13 heavy (non-hydrogen) atoms. The Labute approximate surface area is 78.1 Å². The predicted octanol–water partition coefficient (Wildman–Crippen LogP) is 1.51. The van der Waals surface area contributed by atoms with Gasteiger partial charge >= 0.3 is 10.4 Å². The Balaban J connectivity index is 3.13. The Morgan fingerprint density at radius 2 is 2.23 bits per heavy atom. The number of hydrogen-bond donors (Lipinski definition) is 0. The van der Waals surface area contributed by atoms with E-state index in [2.05, 4.69) is 0 Å². The minimum atomic E-state index is -4.56. The van der Waals surface area contributed by atoms with E-state index in [1.807, 2.05) is 0 Å². The highest BCUT2D eigenvalue weighted by molar-refractivity contribution is 7.80. The monoisotopic (exact) mass is 206 g/mol. The van der Waals surface area contributed by atoms with Gasteiger partial charge in [-0.1, -0.05) is 9.96 Å². The van der Waals surface area contributed by atoms with Crippen LogP contribution in [0.2, 0.25) is 0 Å². The zero-order valence-electron chi connectivity index (χ0n) is 7.70. The van der Waals surface area contributed by atoms with Crippen LogP contribution in [0.1, 0.15) is 13.8 Å². The molecule has 1 unspecified atom stereocenters. The van der Waals surface area contributed by atoms with Crippen molar-refractivity contribution in [1.29, 1.82) is 0 Å². The molecule has 1 aliphatic heterocycles. The van der Waals surface area contributed by atoms with Crippen LogP contribution in [0.25, 0.3) is 0 Å². The van der Waals surface area contributed by atoms with E-state index in [1.165, 1.54) is 6.20 Å². The highest BCUT2D eigenvalue weighted by atomic mass is 32.3. The van der Waals surface area contributed by atoms with Gasteiger partial charge in [-0.3, -0.25) is 0 Å². The van der Waals surface area contributed by atoms with Crippen molar-refractivity contribution in [3.63, 3.8) is 0 Å². The van der Waals surface area contributed by atoms with Crippen LogP contribution in [0.4, 0.5) is 3.89 Å². The molecule has 0 spiro atoms. The van der Waals surface area contributed by atoms with Gasteiger partial charge in [-0.2, -0.15) is 3.89 Å². The molecule has 0 aliphatic carbocycles. The fourth-order valence-corrected chi connectivity index (χ4v) is 2.29. The maximum atomic E-state index is 13.0. The van der Waals surface area contributed by atoms with E-state index >= 15 is 0 Å². The van der Waals surface area contributed by atoms with Gasteiger partial charge in [0.2, 0.25) is 0 Å². The molecule has 0 aromatic heterocycles. The highest BCUT2D eigenvalue weighted by Gasteiger charge is 2.40. The van der Waals surface area contributed by atoms with Gasteiger partial charge in [-0.15, -0.1) is 8.42 Å². The lowest BCUT2D eigenvalue weighted by Crippen LogP contribution is -2.47. The molecule has 3 nitrogen and oxygen atoms in total. The lowest BCUT2D eigenvalue weighted by atomic mass is 10.2. The van der Waals surface area contributed by atoms with Crippen molar-refractivity contribution in [3.05, 3.63) is 23.9 Å². The molecule has 0 fully saturated rings. The van der Waals surface area contributed by atoms with Crippen molar-refractivity contribution < 1.29 is 16.2 Å². The summed E-state index contributed by atoms with van der Waals surface area (Å²) in [6.45, 7) is 3.85. The number of allylic oxidation sites excluding steroid dienone is 2. The summed E-state index contributed by atoms with van der Waals surface area (Å²) in [6.07, 6.45) is 4.75. The van der Waals surface area contributed by atoms with Crippen molar-refractivity contribution in [2.75, 3.05) is 13.1 Å². The lowest BCUT2D eigenvalue weighted by molar-refractivity contribution is -0.748. The van der Waals surface area contributed by atoms with Gasteiger partial charge < -0.3 is 0 Å². The second kappa shape index (κ2) is 3.23.